The SMILES string of the molecule is CC.Cc1ccc(C=O)cc1Nc1nccc(-c2cccnc2)n1. The molecule has 0 aliphatic rings. The summed E-state index contributed by atoms with van der Waals surface area (Å²) in [6.45, 7) is 5.96. The average Bonchev–Trinajstić information content (AvgIpc) is 2.66. The predicted molar refractivity (Wildman–Crippen MR) is 96.5 cm³/mol. The highest BCUT2D eigenvalue weighted by atomic mass is 16.1. The lowest BCUT2D eigenvalue weighted by Gasteiger charge is -2.09. The highest BCUT2D eigenvalue weighted by molar-refractivity contribution is 5.78. The topological polar surface area (TPSA) is 67.8 Å². The summed E-state index contributed by atoms with van der Waals surface area (Å²) in [4.78, 5) is 23.7. The number of anilines is 2. The monoisotopic (exact) mass is 320 g/mol. The molecular formula is C19H20N4O. The lowest BCUT2D eigenvalue weighted by molar-refractivity contribution is 0.112. The van der Waals surface area contributed by atoms with Crippen LogP contribution in [0, 0.1) is 6.92 Å². The summed E-state index contributed by atoms with van der Waals surface area (Å²) in [5.41, 5.74) is 4.14. The van der Waals surface area contributed by atoms with Crippen molar-refractivity contribution in [2.75, 3.05) is 5.32 Å². The quantitative estimate of drug-likeness (QED) is 0.720. The summed E-state index contributed by atoms with van der Waals surface area (Å²) in [5.74, 6) is 0.479. The van der Waals surface area contributed by atoms with E-state index in [1.54, 1.807) is 30.7 Å². The van der Waals surface area contributed by atoms with Crippen LogP contribution in [0.15, 0.2) is 55.0 Å². The third kappa shape index (κ3) is 4.23. The van der Waals surface area contributed by atoms with Crippen LogP contribution in [-0.2, 0) is 0 Å². The van der Waals surface area contributed by atoms with Gasteiger partial charge in [0.25, 0.3) is 0 Å². The lowest BCUT2D eigenvalue weighted by Crippen LogP contribution is -2.00. The summed E-state index contributed by atoms with van der Waals surface area (Å²) in [7, 11) is 0. The second-order valence-corrected chi connectivity index (χ2v) is 4.82. The maximum absolute atomic E-state index is 10.9. The highest BCUT2D eigenvalue weighted by Crippen LogP contribution is 2.21. The van der Waals surface area contributed by atoms with Crippen LogP contribution in [0.2, 0.25) is 0 Å². The molecule has 5 nitrogen and oxygen atoms in total. The van der Waals surface area contributed by atoms with E-state index in [2.05, 4.69) is 20.3 Å². The second kappa shape index (κ2) is 8.53. The molecule has 0 saturated heterocycles. The molecule has 3 aromatic rings. The van der Waals surface area contributed by atoms with E-state index in [0.717, 1.165) is 28.8 Å². The molecule has 0 bridgehead atoms. The van der Waals surface area contributed by atoms with Gasteiger partial charge in [-0.3, -0.25) is 9.78 Å². The molecule has 0 spiro atoms. The maximum Gasteiger partial charge on any atom is 0.227 e. The van der Waals surface area contributed by atoms with Crippen molar-refractivity contribution in [1.29, 1.82) is 0 Å². The number of aromatic nitrogens is 3. The van der Waals surface area contributed by atoms with E-state index in [9.17, 15) is 4.79 Å². The van der Waals surface area contributed by atoms with Crippen LogP contribution < -0.4 is 5.32 Å². The first kappa shape index (κ1) is 17.3. The summed E-state index contributed by atoms with van der Waals surface area (Å²) in [6.07, 6.45) is 5.98. The number of carbonyl (C=O) groups excluding carboxylic acids is 1. The van der Waals surface area contributed by atoms with Gasteiger partial charge in [0.05, 0.1) is 5.69 Å². The van der Waals surface area contributed by atoms with Gasteiger partial charge in [-0.15, -0.1) is 0 Å². The second-order valence-electron chi connectivity index (χ2n) is 4.82. The molecule has 0 atom stereocenters. The van der Waals surface area contributed by atoms with Crippen LogP contribution in [0.5, 0.6) is 0 Å². The smallest absolute Gasteiger partial charge is 0.227 e. The number of carbonyl (C=O) groups is 1. The summed E-state index contributed by atoms with van der Waals surface area (Å²) in [5, 5.41) is 3.16. The number of nitrogens with zero attached hydrogens (tertiary/aromatic N) is 3. The van der Waals surface area contributed by atoms with E-state index in [1.165, 1.54) is 0 Å². The van der Waals surface area contributed by atoms with Crippen LogP contribution in [-0.4, -0.2) is 21.2 Å². The number of nitrogens with one attached hydrogen (secondary N) is 1. The molecule has 0 fully saturated rings. The molecule has 2 heterocycles. The largest absolute Gasteiger partial charge is 0.324 e. The molecule has 3 rings (SSSR count). The fraction of sp³-hybridized carbons (Fsp3) is 0.158. The van der Waals surface area contributed by atoms with Crippen molar-refractivity contribution in [1.82, 2.24) is 15.0 Å². The Morgan fingerprint density at radius 2 is 1.92 bits per heavy atom. The summed E-state index contributed by atoms with van der Waals surface area (Å²) < 4.78 is 0. The average molecular weight is 320 g/mol. The van der Waals surface area contributed by atoms with Crippen molar-refractivity contribution in [3.63, 3.8) is 0 Å². The Hall–Kier alpha value is -3.08. The van der Waals surface area contributed by atoms with E-state index in [4.69, 9.17) is 0 Å². The zero-order valence-corrected chi connectivity index (χ0v) is 14.0. The van der Waals surface area contributed by atoms with Gasteiger partial charge < -0.3 is 5.32 Å². The van der Waals surface area contributed by atoms with Gasteiger partial charge in [0.15, 0.2) is 0 Å². The molecule has 5 heteroatoms. The van der Waals surface area contributed by atoms with E-state index < -0.39 is 0 Å². The Balaban J connectivity index is 0.00000100. The predicted octanol–water partition coefficient (Wildman–Crippen LogP) is 4.43. The van der Waals surface area contributed by atoms with Crippen molar-refractivity contribution < 1.29 is 4.79 Å². The minimum Gasteiger partial charge on any atom is -0.324 e. The molecule has 0 unspecified atom stereocenters. The minimum atomic E-state index is 0.479. The van der Waals surface area contributed by atoms with Crippen molar-refractivity contribution in [3.8, 4) is 11.3 Å². The molecule has 2 aromatic heterocycles. The molecule has 0 aliphatic carbocycles. The van der Waals surface area contributed by atoms with E-state index in [0.29, 0.717) is 11.5 Å². The first-order valence-corrected chi connectivity index (χ1v) is 7.82. The molecular weight excluding hydrogens is 300 g/mol. The Bertz CT molecular complexity index is 803. The fourth-order valence-corrected chi connectivity index (χ4v) is 2.06. The maximum atomic E-state index is 10.9. The van der Waals surface area contributed by atoms with Crippen molar-refractivity contribution in [2.24, 2.45) is 0 Å². The van der Waals surface area contributed by atoms with Gasteiger partial charge in [0, 0.05) is 35.4 Å². The van der Waals surface area contributed by atoms with Gasteiger partial charge in [-0.1, -0.05) is 26.0 Å². The zero-order chi connectivity index (χ0) is 17.4. The van der Waals surface area contributed by atoms with Gasteiger partial charge >= 0.3 is 0 Å². The molecule has 1 N–H and O–H groups in total. The van der Waals surface area contributed by atoms with Crippen LogP contribution >= 0.6 is 0 Å². The van der Waals surface area contributed by atoms with E-state index >= 15 is 0 Å². The van der Waals surface area contributed by atoms with Crippen molar-refractivity contribution >= 4 is 17.9 Å². The van der Waals surface area contributed by atoms with E-state index in [-0.39, 0.29) is 0 Å². The van der Waals surface area contributed by atoms with E-state index in [1.807, 2.05) is 45.0 Å². The van der Waals surface area contributed by atoms with Crippen molar-refractivity contribution in [2.45, 2.75) is 20.8 Å². The molecule has 122 valence electrons. The minimum absolute atomic E-state index is 0.479. The van der Waals surface area contributed by atoms with Gasteiger partial charge in [-0.05, 0) is 36.8 Å². The molecule has 0 saturated carbocycles. The number of aryl methyl sites for hydroxylation is 1. The highest BCUT2D eigenvalue weighted by Gasteiger charge is 2.05. The number of hydrogen-bond donors (Lipinski definition) is 1. The van der Waals surface area contributed by atoms with Crippen LogP contribution in [0.25, 0.3) is 11.3 Å². The number of aldehydes is 1. The van der Waals surface area contributed by atoms with Crippen LogP contribution in [0.3, 0.4) is 0 Å². The number of rotatable bonds is 4. The van der Waals surface area contributed by atoms with Crippen molar-refractivity contribution in [3.05, 3.63) is 66.1 Å². The Morgan fingerprint density at radius 1 is 1.08 bits per heavy atom. The third-order valence-electron chi connectivity index (χ3n) is 3.26. The Morgan fingerprint density at radius 3 is 2.62 bits per heavy atom. The van der Waals surface area contributed by atoms with Crippen LogP contribution in [0.1, 0.15) is 29.8 Å². The normalized spacial score (nSPS) is 9.62. The molecule has 0 aliphatic heterocycles. The zero-order valence-electron chi connectivity index (χ0n) is 14.0. The molecule has 24 heavy (non-hydrogen) atoms. The number of benzene rings is 1. The lowest BCUT2D eigenvalue weighted by atomic mass is 10.1. The van der Waals surface area contributed by atoms with Gasteiger partial charge in [-0.2, -0.15) is 0 Å². The number of pyridine rings is 1. The Kier molecular flexibility index (Phi) is 6.14. The first-order valence-electron chi connectivity index (χ1n) is 7.82. The molecule has 0 amide bonds. The Labute approximate surface area is 141 Å². The third-order valence-corrected chi connectivity index (χ3v) is 3.26. The van der Waals surface area contributed by atoms with Gasteiger partial charge in [0.1, 0.15) is 6.29 Å². The van der Waals surface area contributed by atoms with Gasteiger partial charge in [-0.25, -0.2) is 9.97 Å². The summed E-state index contributed by atoms with van der Waals surface area (Å²) >= 11 is 0. The number of hydrogen-bond acceptors (Lipinski definition) is 5. The van der Waals surface area contributed by atoms with Crippen LogP contribution in [0.4, 0.5) is 11.6 Å². The first-order chi connectivity index (χ1) is 11.8. The fourth-order valence-electron chi connectivity index (χ4n) is 2.06. The molecule has 1 aromatic carbocycles. The van der Waals surface area contributed by atoms with Gasteiger partial charge in [0.2, 0.25) is 5.95 Å². The molecule has 0 radical (unpaired) electrons. The summed E-state index contributed by atoms with van der Waals surface area (Å²) in [6, 6.07) is 11.1. The standard InChI is InChI=1S/C17H14N4O.C2H6/c1-12-4-5-13(11-22)9-16(12)21-17-19-8-6-15(20-17)14-3-2-7-18-10-14;1-2/h2-11H,1H3,(H,19,20,21);1-2H3.